The molecule has 2 fully saturated rings. The predicted octanol–water partition coefficient (Wildman–Crippen LogP) is 0.375. The normalized spacial score (nSPS) is 31.7. The van der Waals surface area contributed by atoms with Gasteiger partial charge in [0.15, 0.2) is 0 Å². The third-order valence-electron chi connectivity index (χ3n) is 4.65. The average Bonchev–Trinajstić information content (AvgIpc) is 2.42. The highest BCUT2D eigenvalue weighted by molar-refractivity contribution is 4.83. The third-order valence-corrected chi connectivity index (χ3v) is 4.65. The molecule has 1 aliphatic heterocycles. The second-order valence-electron chi connectivity index (χ2n) is 5.81. The highest BCUT2D eigenvalue weighted by Gasteiger charge is 2.26. The molecule has 1 aliphatic carbocycles. The summed E-state index contributed by atoms with van der Waals surface area (Å²) in [5.74, 6) is 0.841. The van der Waals surface area contributed by atoms with E-state index in [0.29, 0.717) is 6.61 Å². The minimum atomic E-state index is 0.296. The average molecular weight is 255 g/mol. The van der Waals surface area contributed by atoms with E-state index in [1.165, 1.54) is 45.3 Å². The maximum absolute atomic E-state index is 8.95. The molecule has 2 N–H and O–H groups in total. The van der Waals surface area contributed by atoms with Crippen LogP contribution < -0.4 is 5.32 Å². The van der Waals surface area contributed by atoms with Gasteiger partial charge in [0.05, 0.1) is 6.61 Å². The Hall–Kier alpha value is -0.160. The number of rotatable bonds is 5. The van der Waals surface area contributed by atoms with Crippen LogP contribution in [0.25, 0.3) is 0 Å². The first-order valence-electron chi connectivity index (χ1n) is 7.56. The lowest BCUT2D eigenvalue weighted by molar-refractivity contribution is 0.0888. The number of hydrogen-bond acceptors (Lipinski definition) is 4. The molecule has 2 aliphatic rings. The molecule has 18 heavy (non-hydrogen) atoms. The van der Waals surface area contributed by atoms with Gasteiger partial charge < -0.3 is 15.3 Å². The van der Waals surface area contributed by atoms with Crippen LogP contribution in [0.4, 0.5) is 0 Å². The van der Waals surface area contributed by atoms with Crippen molar-refractivity contribution in [1.29, 1.82) is 0 Å². The van der Waals surface area contributed by atoms with Crippen LogP contribution >= 0.6 is 0 Å². The predicted molar refractivity (Wildman–Crippen MR) is 74.8 cm³/mol. The molecule has 0 amide bonds. The van der Waals surface area contributed by atoms with E-state index in [1.807, 2.05) is 0 Å². The number of nitrogens with one attached hydrogen (secondary N) is 1. The van der Waals surface area contributed by atoms with Crippen molar-refractivity contribution < 1.29 is 5.11 Å². The molecule has 0 aromatic carbocycles. The van der Waals surface area contributed by atoms with Crippen LogP contribution in [0.15, 0.2) is 0 Å². The van der Waals surface area contributed by atoms with E-state index >= 15 is 0 Å². The Morgan fingerprint density at radius 1 is 1.06 bits per heavy atom. The van der Waals surface area contributed by atoms with Gasteiger partial charge in [0.1, 0.15) is 0 Å². The quantitative estimate of drug-likeness (QED) is 0.745. The van der Waals surface area contributed by atoms with E-state index in [2.05, 4.69) is 22.2 Å². The maximum atomic E-state index is 8.95. The number of piperazine rings is 1. The van der Waals surface area contributed by atoms with Gasteiger partial charge in [-0.25, -0.2) is 0 Å². The van der Waals surface area contributed by atoms with Gasteiger partial charge in [0.25, 0.3) is 0 Å². The zero-order valence-corrected chi connectivity index (χ0v) is 11.8. The van der Waals surface area contributed by atoms with Crippen molar-refractivity contribution >= 4 is 0 Å². The summed E-state index contributed by atoms with van der Waals surface area (Å²) in [4.78, 5) is 4.99. The topological polar surface area (TPSA) is 38.7 Å². The number of β-amino-alcohol motifs (C(OH)–C–C–N with tert-alkyl or cyclic N) is 1. The van der Waals surface area contributed by atoms with Gasteiger partial charge in [-0.3, -0.25) is 4.90 Å². The van der Waals surface area contributed by atoms with Crippen molar-refractivity contribution in [3.63, 3.8) is 0 Å². The lowest BCUT2D eigenvalue weighted by Gasteiger charge is -2.39. The minimum Gasteiger partial charge on any atom is -0.395 e. The molecule has 1 heterocycles. The summed E-state index contributed by atoms with van der Waals surface area (Å²) in [5.41, 5.74) is 0. The molecule has 0 aromatic heterocycles. The number of aliphatic hydroxyl groups excluding tert-OH is 1. The highest BCUT2D eigenvalue weighted by atomic mass is 16.3. The molecule has 0 bridgehead atoms. The fourth-order valence-electron chi connectivity index (χ4n) is 3.47. The Morgan fingerprint density at radius 3 is 2.39 bits per heavy atom. The molecule has 2 rings (SSSR count). The Morgan fingerprint density at radius 2 is 1.72 bits per heavy atom. The number of aliphatic hydroxyl groups is 1. The SMILES string of the molecule is CNC1CCCCC1CN1CCN(CCO)CC1. The van der Waals surface area contributed by atoms with Crippen molar-refractivity contribution in [2.75, 3.05) is 52.9 Å². The fourth-order valence-corrected chi connectivity index (χ4v) is 3.47. The van der Waals surface area contributed by atoms with Crippen LogP contribution in [-0.4, -0.2) is 73.9 Å². The summed E-state index contributed by atoms with van der Waals surface area (Å²) in [7, 11) is 2.11. The van der Waals surface area contributed by atoms with Gasteiger partial charge in [-0.1, -0.05) is 12.8 Å². The molecule has 0 radical (unpaired) electrons. The van der Waals surface area contributed by atoms with Crippen LogP contribution in [0.5, 0.6) is 0 Å². The Labute approximate surface area is 111 Å². The summed E-state index contributed by atoms with van der Waals surface area (Å²) in [6.07, 6.45) is 5.55. The summed E-state index contributed by atoms with van der Waals surface area (Å²) in [5, 5.41) is 12.5. The first-order chi connectivity index (χ1) is 8.83. The van der Waals surface area contributed by atoms with E-state index in [0.717, 1.165) is 31.6 Å². The van der Waals surface area contributed by atoms with Gasteiger partial charge >= 0.3 is 0 Å². The van der Waals surface area contributed by atoms with Crippen LogP contribution in [0.1, 0.15) is 25.7 Å². The molecule has 2 atom stereocenters. The van der Waals surface area contributed by atoms with Gasteiger partial charge in [-0.15, -0.1) is 0 Å². The van der Waals surface area contributed by atoms with E-state index in [-0.39, 0.29) is 0 Å². The highest BCUT2D eigenvalue weighted by Crippen LogP contribution is 2.25. The first kappa shape index (κ1) is 14.3. The van der Waals surface area contributed by atoms with Crippen LogP contribution in [-0.2, 0) is 0 Å². The molecule has 1 saturated heterocycles. The van der Waals surface area contributed by atoms with E-state index < -0.39 is 0 Å². The van der Waals surface area contributed by atoms with Crippen molar-refractivity contribution in [2.45, 2.75) is 31.7 Å². The monoisotopic (exact) mass is 255 g/mol. The smallest absolute Gasteiger partial charge is 0.0558 e. The molecule has 4 heteroatoms. The largest absolute Gasteiger partial charge is 0.395 e. The fraction of sp³-hybridized carbons (Fsp3) is 1.00. The van der Waals surface area contributed by atoms with Crippen LogP contribution in [0.2, 0.25) is 0 Å². The second-order valence-corrected chi connectivity index (χ2v) is 5.81. The van der Waals surface area contributed by atoms with Crippen LogP contribution in [0.3, 0.4) is 0 Å². The van der Waals surface area contributed by atoms with Crippen molar-refractivity contribution in [2.24, 2.45) is 5.92 Å². The Kier molecular flexibility index (Phi) is 5.89. The van der Waals surface area contributed by atoms with Gasteiger partial charge in [0, 0.05) is 45.3 Å². The lowest BCUT2D eigenvalue weighted by atomic mass is 9.84. The molecule has 2 unspecified atom stereocenters. The third kappa shape index (κ3) is 3.92. The zero-order valence-electron chi connectivity index (χ0n) is 11.8. The summed E-state index contributed by atoms with van der Waals surface area (Å²) in [6.45, 7) is 6.99. The summed E-state index contributed by atoms with van der Waals surface area (Å²) < 4.78 is 0. The van der Waals surface area contributed by atoms with Crippen molar-refractivity contribution in [3.8, 4) is 0 Å². The van der Waals surface area contributed by atoms with Gasteiger partial charge in [-0.05, 0) is 25.8 Å². The summed E-state index contributed by atoms with van der Waals surface area (Å²) >= 11 is 0. The number of hydrogen-bond donors (Lipinski definition) is 2. The standard InChI is InChI=1S/C14H29N3O/c1-15-14-5-3-2-4-13(14)12-17-8-6-16(7-9-17)10-11-18/h13-15,18H,2-12H2,1H3. The summed E-state index contributed by atoms with van der Waals surface area (Å²) in [6, 6.07) is 0.731. The number of nitrogens with zero attached hydrogens (tertiary/aromatic N) is 2. The van der Waals surface area contributed by atoms with Gasteiger partial charge in [0.2, 0.25) is 0 Å². The zero-order chi connectivity index (χ0) is 12.8. The maximum Gasteiger partial charge on any atom is 0.0558 e. The Bertz CT molecular complexity index is 229. The molecule has 4 nitrogen and oxygen atoms in total. The molecule has 0 aromatic rings. The van der Waals surface area contributed by atoms with Crippen LogP contribution in [0, 0.1) is 5.92 Å². The molecule has 106 valence electrons. The molecule has 1 saturated carbocycles. The van der Waals surface area contributed by atoms with E-state index in [1.54, 1.807) is 0 Å². The Balaban J connectivity index is 1.73. The molecular formula is C14H29N3O. The second kappa shape index (κ2) is 7.43. The first-order valence-corrected chi connectivity index (χ1v) is 7.56. The molecule has 0 spiro atoms. The molecular weight excluding hydrogens is 226 g/mol. The lowest BCUT2D eigenvalue weighted by Crippen LogP contribution is -2.50. The minimum absolute atomic E-state index is 0.296. The van der Waals surface area contributed by atoms with Gasteiger partial charge in [-0.2, -0.15) is 0 Å². The van der Waals surface area contributed by atoms with E-state index in [4.69, 9.17) is 5.11 Å². The van der Waals surface area contributed by atoms with Crippen molar-refractivity contribution in [1.82, 2.24) is 15.1 Å². The van der Waals surface area contributed by atoms with E-state index in [9.17, 15) is 0 Å². The van der Waals surface area contributed by atoms with Crippen molar-refractivity contribution in [3.05, 3.63) is 0 Å².